The van der Waals surface area contributed by atoms with Crippen LogP contribution in [0.4, 0.5) is 4.39 Å². The number of halogens is 1. The fourth-order valence-electron chi connectivity index (χ4n) is 3.13. The molecule has 0 radical (unpaired) electrons. The first-order valence-electron chi connectivity index (χ1n) is 8.60. The van der Waals surface area contributed by atoms with Crippen molar-refractivity contribution < 1.29 is 22.3 Å². The Morgan fingerprint density at radius 2 is 1.72 bits per heavy atom. The number of ether oxygens (including phenoxy) is 2. The Morgan fingerprint density at radius 3 is 2.28 bits per heavy atom. The summed E-state index contributed by atoms with van der Waals surface area (Å²) in [5, 5.41) is 3.51. The second-order valence-electron chi connectivity index (χ2n) is 6.67. The highest BCUT2D eigenvalue weighted by Gasteiger charge is 2.33. The van der Waals surface area contributed by atoms with E-state index in [9.17, 15) is 12.8 Å². The van der Waals surface area contributed by atoms with Crippen LogP contribution >= 0.6 is 0 Å². The number of nitrogens with one attached hydrogen (secondary N) is 1. The molecule has 0 spiro atoms. The monoisotopic (exact) mass is 372 g/mol. The van der Waals surface area contributed by atoms with Crippen LogP contribution in [-0.4, -0.2) is 52.6 Å². The molecular formula is C17H25FN2O4S. The van der Waals surface area contributed by atoms with Gasteiger partial charge in [-0.25, -0.2) is 12.8 Å². The van der Waals surface area contributed by atoms with Crippen molar-refractivity contribution in [1.82, 2.24) is 9.62 Å². The molecule has 1 aromatic carbocycles. The van der Waals surface area contributed by atoms with Gasteiger partial charge < -0.3 is 14.8 Å². The molecule has 0 atom stereocenters. The van der Waals surface area contributed by atoms with Crippen molar-refractivity contribution in [1.29, 1.82) is 0 Å². The highest BCUT2D eigenvalue weighted by molar-refractivity contribution is 7.89. The molecule has 0 unspecified atom stereocenters. The molecule has 2 fully saturated rings. The average molecular weight is 372 g/mol. The van der Waals surface area contributed by atoms with Crippen LogP contribution in [0.1, 0.15) is 25.7 Å². The maximum absolute atomic E-state index is 14.3. The first kappa shape index (κ1) is 18.4. The number of benzene rings is 1. The number of nitrogens with zero attached hydrogens (tertiary/aromatic N) is 1. The Balaban J connectivity index is 1.71. The zero-order chi connectivity index (χ0) is 18.0. The molecule has 6 nitrogen and oxygen atoms in total. The van der Waals surface area contributed by atoms with Crippen molar-refractivity contribution in [2.75, 3.05) is 33.9 Å². The minimum Gasteiger partial charge on any atom is -0.493 e. The SMILES string of the molecule is COc1cc(F)c(S(=O)(=O)N2CCC(NCC3CC3)CC2)cc1OC. The van der Waals surface area contributed by atoms with Crippen molar-refractivity contribution in [2.24, 2.45) is 5.92 Å². The zero-order valence-corrected chi connectivity index (χ0v) is 15.4. The summed E-state index contributed by atoms with van der Waals surface area (Å²) in [5.41, 5.74) is 0. The van der Waals surface area contributed by atoms with Crippen LogP contribution in [0.15, 0.2) is 17.0 Å². The van der Waals surface area contributed by atoms with Crippen LogP contribution in [0.25, 0.3) is 0 Å². The third-order valence-corrected chi connectivity index (χ3v) is 6.82. The molecule has 1 saturated heterocycles. The van der Waals surface area contributed by atoms with Gasteiger partial charge in [-0.1, -0.05) is 0 Å². The summed E-state index contributed by atoms with van der Waals surface area (Å²) in [6.07, 6.45) is 4.05. The van der Waals surface area contributed by atoms with Gasteiger partial charge in [0.25, 0.3) is 0 Å². The molecular weight excluding hydrogens is 347 g/mol. The van der Waals surface area contributed by atoms with Crippen LogP contribution < -0.4 is 14.8 Å². The first-order valence-corrected chi connectivity index (χ1v) is 10.0. The first-order chi connectivity index (χ1) is 12.0. The van der Waals surface area contributed by atoms with Crippen molar-refractivity contribution in [3.8, 4) is 11.5 Å². The van der Waals surface area contributed by atoms with E-state index in [0.29, 0.717) is 19.1 Å². The van der Waals surface area contributed by atoms with Gasteiger partial charge in [-0.2, -0.15) is 4.31 Å². The van der Waals surface area contributed by atoms with E-state index in [2.05, 4.69) is 5.32 Å². The zero-order valence-electron chi connectivity index (χ0n) is 14.6. The van der Waals surface area contributed by atoms with Gasteiger partial charge in [-0.15, -0.1) is 0 Å². The molecule has 0 aromatic heterocycles. The van der Waals surface area contributed by atoms with Gasteiger partial charge in [-0.3, -0.25) is 0 Å². The van der Waals surface area contributed by atoms with Crippen molar-refractivity contribution in [2.45, 2.75) is 36.6 Å². The lowest BCUT2D eigenvalue weighted by molar-refractivity contribution is 0.287. The fraction of sp³-hybridized carbons (Fsp3) is 0.647. The Labute approximate surface area is 148 Å². The van der Waals surface area contributed by atoms with Crippen molar-refractivity contribution in [3.05, 3.63) is 17.9 Å². The maximum Gasteiger partial charge on any atom is 0.246 e. The third kappa shape index (κ3) is 4.07. The largest absolute Gasteiger partial charge is 0.493 e. The standard InChI is InChI=1S/C17H25FN2O4S/c1-23-15-9-14(18)17(10-16(15)24-2)25(21,22)20-7-5-13(6-8-20)19-11-12-3-4-12/h9-10,12-13,19H,3-8,11H2,1-2H3. The highest BCUT2D eigenvalue weighted by Crippen LogP contribution is 2.34. The van der Waals surface area contributed by atoms with E-state index in [4.69, 9.17) is 9.47 Å². The summed E-state index contributed by atoms with van der Waals surface area (Å²) in [4.78, 5) is -0.366. The van der Waals surface area contributed by atoms with E-state index in [1.807, 2.05) is 0 Å². The van der Waals surface area contributed by atoms with Crippen molar-refractivity contribution >= 4 is 10.0 Å². The average Bonchev–Trinajstić information content (AvgIpc) is 3.44. The summed E-state index contributed by atoms with van der Waals surface area (Å²) >= 11 is 0. The molecule has 1 heterocycles. The molecule has 0 amide bonds. The summed E-state index contributed by atoms with van der Waals surface area (Å²) < 4.78 is 51.5. The topological polar surface area (TPSA) is 67.9 Å². The van der Waals surface area contributed by atoms with Crippen LogP contribution in [0, 0.1) is 11.7 Å². The molecule has 140 valence electrons. The van der Waals surface area contributed by atoms with E-state index in [0.717, 1.165) is 31.4 Å². The van der Waals surface area contributed by atoms with E-state index in [1.165, 1.54) is 37.4 Å². The summed E-state index contributed by atoms with van der Waals surface area (Å²) in [7, 11) is -1.13. The van der Waals surface area contributed by atoms with Gasteiger partial charge >= 0.3 is 0 Å². The lowest BCUT2D eigenvalue weighted by Crippen LogP contribution is -2.45. The molecule has 2 aliphatic rings. The van der Waals surface area contributed by atoms with Crippen LogP contribution in [0.5, 0.6) is 11.5 Å². The summed E-state index contributed by atoms with van der Waals surface area (Å²) in [5.74, 6) is 0.333. The normalized spacial score (nSPS) is 19.8. The van der Waals surface area contributed by atoms with Gasteiger partial charge in [-0.05, 0) is 38.1 Å². The predicted molar refractivity (Wildman–Crippen MR) is 92.0 cm³/mol. The van der Waals surface area contributed by atoms with E-state index in [1.54, 1.807) is 0 Å². The lowest BCUT2D eigenvalue weighted by Gasteiger charge is -2.32. The highest BCUT2D eigenvalue weighted by atomic mass is 32.2. The van der Waals surface area contributed by atoms with Crippen molar-refractivity contribution in [3.63, 3.8) is 0 Å². The molecule has 3 rings (SSSR count). The maximum atomic E-state index is 14.3. The minimum absolute atomic E-state index is 0.168. The Bertz CT molecular complexity index is 714. The second-order valence-corrected chi connectivity index (χ2v) is 8.57. The van der Waals surface area contributed by atoms with E-state index < -0.39 is 15.8 Å². The number of hydrogen-bond donors (Lipinski definition) is 1. The molecule has 1 aliphatic carbocycles. The van der Waals surface area contributed by atoms with Crippen LogP contribution in [0.2, 0.25) is 0 Å². The molecule has 8 heteroatoms. The number of rotatable bonds is 7. The summed E-state index contributed by atoms with van der Waals surface area (Å²) in [6, 6.07) is 2.58. The quantitative estimate of drug-likeness (QED) is 0.793. The molecule has 1 aromatic rings. The molecule has 1 saturated carbocycles. The van der Waals surface area contributed by atoms with Crippen LogP contribution in [0.3, 0.4) is 0 Å². The van der Waals surface area contributed by atoms with E-state index in [-0.39, 0.29) is 16.4 Å². The predicted octanol–water partition coefficient (Wildman–Crippen LogP) is 2.00. The number of hydrogen-bond acceptors (Lipinski definition) is 5. The Hall–Kier alpha value is -1.38. The number of sulfonamides is 1. The van der Waals surface area contributed by atoms with E-state index >= 15 is 0 Å². The van der Waals surface area contributed by atoms with Gasteiger partial charge in [0.05, 0.1) is 14.2 Å². The van der Waals surface area contributed by atoms with Gasteiger partial charge in [0.15, 0.2) is 11.5 Å². The minimum atomic E-state index is -3.90. The number of methoxy groups -OCH3 is 2. The summed E-state index contributed by atoms with van der Waals surface area (Å²) in [6.45, 7) is 1.79. The van der Waals surface area contributed by atoms with Gasteiger partial charge in [0, 0.05) is 31.3 Å². The van der Waals surface area contributed by atoms with Crippen LogP contribution in [-0.2, 0) is 10.0 Å². The Kier molecular flexibility index (Phi) is 5.50. The Morgan fingerprint density at radius 1 is 1.12 bits per heavy atom. The second kappa shape index (κ2) is 7.47. The smallest absolute Gasteiger partial charge is 0.246 e. The molecule has 1 N–H and O–H groups in total. The molecule has 25 heavy (non-hydrogen) atoms. The lowest BCUT2D eigenvalue weighted by atomic mass is 10.1. The van der Waals surface area contributed by atoms with Gasteiger partial charge in [0.1, 0.15) is 10.7 Å². The third-order valence-electron chi connectivity index (χ3n) is 4.90. The van der Waals surface area contributed by atoms with Gasteiger partial charge in [0.2, 0.25) is 10.0 Å². The number of piperidine rings is 1. The molecule has 0 bridgehead atoms. The molecule has 1 aliphatic heterocycles. The fourth-order valence-corrected chi connectivity index (χ4v) is 4.66.